The standard InChI is InChI=1S/C19H31N3O3/c1-5-20-19(22-14-15(2)18(23)24-4)21-12-9-13-25-16(3)17-10-7-6-8-11-17/h6-8,10-11,15-16H,5,9,12-14H2,1-4H3,(H2,20,21,22). The Bertz CT molecular complexity index is 520. The minimum absolute atomic E-state index is 0.0870. The first-order valence-corrected chi connectivity index (χ1v) is 8.85. The molecule has 2 atom stereocenters. The van der Waals surface area contributed by atoms with Crippen molar-refractivity contribution in [2.24, 2.45) is 10.9 Å². The molecule has 1 rings (SSSR count). The van der Waals surface area contributed by atoms with E-state index in [1.54, 1.807) is 6.92 Å². The largest absolute Gasteiger partial charge is 0.469 e. The van der Waals surface area contributed by atoms with Gasteiger partial charge in [-0.2, -0.15) is 0 Å². The van der Waals surface area contributed by atoms with Crippen molar-refractivity contribution in [1.82, 2.24) is 10.6 Å². The van der Waals surface area contributed by atoms with Crippen molar-refractivity contribution in [2.45, 2.75) is 33.3 Å². The summed E-state index contributed by atoms with van der Waals surface area (Å²) in [4.78, 5) is 15.8. The van der Waals surface area contributed by atoms with E-state index in [9.17, 15) is 4.79 Å². The van der Waals surface area contributed by atoms with Crippen molar-refractivity contribution < 1.29 is 14.3 Å². The summed E-state index contributed by atoms with van der Waals surface area (Å²) in [5.41, 5.74) is 1.18. The number of esters is 1. The molecule has 25 heavy (non-hydrogen) atoms. The fraction of sp³-hybridized carbons (Fsp3) is 0.579. The van der Waals surface area contributed by atoms with Gasteiger partial charge in [-0.05, 0) is 25.8 Å². The normalized spacial score (nSPS) is 13.8. The first-order valence-electron chi connectivity index (χ1n) is 8.85. The maximum Gasteiger partial charge on any atom is 0.310 e. The lowest BCUT2D eigenvalue weighted by atomic mass is 10.1. The number of guanidine groups is 1. The number of carbonyl (C=O) groups excluding carboxylic acids is 1. The molecule has 0 aliphatic heterocycles. The number of rotatable bonds is 10. The van der Waals surface area contributed by atoms with E-state index in [4.69, 9.17) is 9.47 Å². The highest BCUT2D eigenvalue weighted by Crippen LogP contribution is 2.15. The molecular formula is C19H31N3O3. The summed E-state index contributed by atoms with van der Waals surface area (Å²) in [6.07, 6.45) is 0.956. The molecule has 1 aromatic carbocycles. The summed E-state index contributed by atoms with van der Waals surface area (Å²) in [6, 6.07) is 10.2. The maximum atomic E-state index is 11.4. The highest BCUT2D eigenvalue weighted by molar-refractivity contribution is 5.80. The van der Waals surface area contributed by atoms with Gasteiger partial charge in [0.2, 0.25) is 0 Å². The van der Waals surface area contributed by atoms with Crippen LogP contribution < -0.4 is 10.6 Å². The van der Waals surface area contributed by atoms with Gasteiger partial charge in [-0.25, -0.2) is 0 Å². The minimum Gasteiger partial charge on any atom is -0.469 e. The number of nitrogens with one attached hydrogen (secondary N) is 2. The third kappa shape index (κ3) is 8.54. The molecule has 140 valence electrons. The summed E-state index contributed by atoms with van der Waals surface area (Å²) >= 11 is 0. The van der Waals surface area contributed by atoms with Crippen molar-refractivity contribution >= 4 is 11.9 Å². The summed E-state index contributed by atoms with van der Waals surface area (Å²) in [7, 11) is 1.39. The Morgan fingerprint density at radius 2 is 1.92 bits per heavy atom. The number of aliphatic imine (C=N–C) groups is 1. The number of benzene rings is 1. The van der Waals surface area contributed by atoms with Crippen LogP contribution in [0.3, 0.4) is 0 Å². The van der Waals surface area contributed by atoms with Crippen molar-refractivity contribution in [1.29, 1.82) is 0 Å². The second-order valence-corrected chi connectivity index (χ2v) is 5.85. The Kier molecular flexibility index (Phi) is 10.3. The third-order valence-electron chi connectivity index (χ3n) is 3.72. The molecule has 6 heteroatoms. The van der Waals surface area contributed by atoms with Gasteiger partial charge in [0.05, 0.1) is 25.7 Å². The first-order chi connectivity index (χ1) is 12.1. The lowest BCUT2D eigenvalue weighted by Gasteiger charge is -2.15. The van der Waals surface area contributed by atoms with E-state index in [1.165, 1.54) is 12.7 Å². The summed E-state index contributed by atoms with van der Waals surface area (Å²) < 4.78 is 10.6. The van der Waals surface area contributed by atoms with Crippen LogP contribution in [0.5, 0.6) is 0 Å². The van der Waals surface area contributed by atoms with Gasteiger partial charge < -0.3 is 20.1 Å². The molecule has 2 N–H and O–H groups in total. The molecule has 0 bridgehead atoms. The molecule has 0 fully saturated rings. The average Bonchev–Trinajstić information content (AvgIpc) is 2.65. The van der Waals surface area contributed by atoms with E-state index in [-0.39, 0.29) is 18.0 Å². The van der Waals surface area contributed by atoms with Gasteiger partial charge in [0.15, 0.2) is 5.96 Å². The van der Waals surface area contributed by atoms with E-state index in [1.807, 2.05) is 25.1 Å². The van der Waals surface area contributed by atoms with E-state index in [0.717, 1.165) is 19.5 Å². The second kappa shape index (κ2) is 12.3. The summed E-state index contributed by atoms with van der Waals surface area (Å²) in [5.74, 6) is 0.202. The quantitative estimate of drug-likeness (QED) is 0.294. The summed E-state index contributed by atoms with van der Waals surface area (Å²) in [5, 5.41) is 6.42. The number of nitrogens with zero attached hydrogens (tertiary/aromatic N) is 1. The zero-order valence-electron chi connectivity index (χ0n) is 15.7. The van der Waals surface area contributed by atoms with E-state index in [2.05, 4.69) is 34.7 Å². The SMILES string of the molecule is CCNC(=NCC(C)C(=O)OC)NCCCOC(C)c1ccccc1. The van der Waals surface area contributed by atoms with Crippen LogP contribution in [0, 0.1) is 5.92 Å². The molecule has 0 saturated heterocycles. The molecule has 0 radical (unpaired) electrons. The van der Waals surface area contributed by atoms with Gasteiger partial charge in [0, 0.05) is 19.7 Å². The van der Waals surface area contributed by atoms with Crippen LogP contribution in [-0.4, -0.2) is 45.3 Å². The minimum atomic E-state index is -0.254. The van der Waals surface area contributed by atoms with Crippen molar-refractivity contribution in [3.8, 4) is 0 Å². The molecule has 2 unspecified atom stereocenters. The monoisotopic (exact) mass is 349 g/mol. The van der Waals surface area contributed by atoms with Crippen LogP contribution in [0.1, 0.15) is 38.9 Å². The molecule has 0 heterocycles. The highest BCUT2D eigenvalue weighted by atomic mass is 16.5. The molecule has 0 aliphatic carbocycles. The molecule has 0 aromatic heterocycles. The smallest absolute Gasteiger partial charge is 0.310 e. The maximum absolute atomic E-state index is 11.4. The van der Waals surface area contributed by atoms with Crippen molar-refractivity contribution in [3.05, 3.63) is 35.9 Å². The zero-order valence-corrected chi connectivity index (χ0v) is 15.7. The number of hydrogen-bond donors (Lipinski definition) is 2. The van der Waals surface area contributed by atoms with Gasteiger partial charge in [-0.1, -0.05) is 37.3 Å². The van der Waals surface area contributed by atoms with Crippen LogP contribution in [0.4, 0.5) is 0 Å². The molecule has 0 aliphatic rings. The van der Waals surface area contributed by atoms with E-state index >= 15 is 0 Å². The number of carbonyl (C=O) groups is 1. The lowest BCUT2D eigenvalue weighted by Crippen LogP contribution is -2.38. The Labute approximate surface area is 151 Å². The van der Waals surface area contributed by atoms with E-state index < -0.39 is 0 Å². The average molecular weight is 349 g/mol. The zero-order chi connectivity index (χ0) is 18.5. The molecule has 0 amide bonds. The van der Waals surface area contributed by atoms with Gasteiger partial charge >= 0.3 is 5.97 Å². The summed E-state index contributed by atoms with van der Waals surface area (Å²) in [6.45, 7) is 8.44. The first kappa shape index (κ1) is 21.0. The fourth-order valence-electron chi connectivity index (χ4n) is 2.21. The number of hydrogen-bond acceptors (Lipinski definition) is 4. The van der Waals surface area contributed by atoms with Gasteiger partial charge in [0.25, 0.3) is 0 Å². The number of ether oxygens (including phenoxy) is 2. The Balaban J connectivity index is 2.29. The van der Waals surface area contributed by atoms with Crippen LogP contribution in [0.2, 0.25) is 0 Å². The Morgan fingerprint density at radius 3 is 2.56 bits per heavy atom. The second-order valence-electron chi connectivity index (χ2n) is 5.85. The highest BCUT2D eigenvalue weighted by Gasteiger charge is 2.12. The molecule has 0 saturated carbocycles. The molecular weight excluding hydrogens is 318 g/mol. The molecule has 1 aromatic rings. The van der Waals surface area contributed by atoms with E-state index in [0.29, 0.717) is 19.1 Å². The molecule has 0 spiro atoms. The van der Waals surface area contributed by atoms with Crippen LogP contribution in [0.25, 0.3) is 0 Å². The third-order valence-corrected chi connectivity index (χ3v) is 3.72. The van der Waals surface area contributed by atoms with Crippen LogP contribution >= 0.6 is 0 Å². The predicted octanol–water partition coefficient (Wildman–Crippen LogP) is 2.52. The predicted molar refractivity (Wildman–Crippen MR) is 101 cm³/mol. The Morgan fingerprint density at radius 1 is 1.20 bits per heavy atom. The van der Waals surface area contributed by atoms with Gasteiger partial charge in [0.1, 0.15) is 0 Å². The topological polar surface area (TPSA) is 72.0 Å². The van der Waals surface area contributed by atoms with Crippen LogP contribution in [0.15, 0.2) is 35.3 Å². The number of methoxy groups -OCH3 is 1. The molecule has 6 nitrogen and oxygen atoms in total. The van der Waals surface area contributed by atoms with Crippen LogP contribution in [-0.2, 0) is 14.3 Å². The van der Waals surface area contributed by atoms with Crippen molar-refractivity contribution in [3.63, 3.8) is 0 Å². The fourth-order valence-corrected chi connectivity index (χ4v) is 2.21. The van der Waals surface area contributed by atoms with Gasteiger partial charge in [-0.3, -0.25) is 9.79 Å². The van der Waals surface area contributed by atoms with Gasteiger partial charge in [-0.15, -0.1) is 0 Å². The van der Waals surface area contributed by atoms with Crippen molar-refractivity contribution in [2.75, 3.05) is 33.4 Å². The Hall–Kier alpha value is -2.08. The lowest BCUT2D eigenvalue weighted by molar-refractivity contribution is -0.144.